The molecule has 1 fully saturated rings. The number of nitrogens with one attached hydrogen (secondary N) is 2. The molecule has 32 heavy (non-hydrogen) atoms. The van der Waals surface area contributed by atoms with Gasteiger partial charge in [-0.25, -0.2) is 9.97 Å². The zero-order valence-electron chi connectivity index (χ0n) is 17.5. The first-order valence-electron chi connectivity index (χ1n) is 10.8. The smallest absolute Gasteiger partial charge is 0.195 e. The largest absolute Gasteiger partial charge is 0.457 e. The predicted octanol–water partition coefficient (Wildman–Crippen LogP) is 4.91. The Hall–Kier alpha value is -3.22. The second-order valence-electron chi connectivity index (χ2n) is 7.94. The van der Waals surface area contributed by atoms with Crippen LogP contribution in [0.15, 0.2) is 60.9 Å². The lowest BCUT2D eigenvalue weighted by Crippen LogP contribution is -2.38. The molecule has 0 unspecified atom stereocenters. The van der Waals surface area contributed by atoms with E-state index in [9.17, 15) is 4.79 Å². The van der Waals surface area contributed by atoms with Crippen molar-refractivity contribution in [3.8, 4) is 11.5 Å². The summed E-state index contributed by atoms with van der Waals surface area (Å²) in [6, 6.07) is 14.9. The number of ether oxygens (including phenoxy) is 1. The predicted molar refractivity (Wildman–Crippen MR) is 126 cm³/mol. The molecule has 2 heterocycles. The van der Waals surface area contributed by atoms with Gasteiger partial charge in [-0.15, -0.1) is 0 Å². The zero-order valence-corrected chi connectivity index (χ0v) is 18.2. The van der Waals surface area contributed by atoms with E-state index in [1.807, 2.05) is 36.4 Å². The third-order valence-electron chi connectivity index (χ3n) is 5.74. The van der Waals surface area contributed by atoms with E-state index in [1.165, 1.54) is 0 Å². The average Bonchev–Trinajstić information content (AvgIpc) is 3.26. The molecule has 2 aliphatic rings. The van der Waals surface area contributed by atoms with Crippen molar-refractivity contribution in [2.24, 2.45) is 0 Å². The lowest BCUT2D eigenvalue weighted by atomic mass is 9.98. The summed E-state index contributed by atoms with van der Waals surface area (Å²) in [5, 5.41) is 7.25. The fraction of sp³-hybridized carbons (Fsp3) is 0.240. The Morgan fingerprint density at radius 1 is 1.12 bits per heavy atom. The summed E-state index contributed by atoms with van der Waals surface area (Å²) in [4.78, 5) is 22.3. The van der Waals surface area contributed by atoms with Crippen LogP contribution in [-0.4, -0.2) is 34.9 Å². The van der Waals surface area contributed by atoms with Crippen LogP contribution < -0.4 is 15.4 Å². The number of benzene rings is 2. The molecule has 7 heteroatoms. The topological polar surface area (TPSA) is 76.1 Å². The van der Waals surface area contributed by atoms with E-state index in [2.05, 4.69) is 20.6 Å². The van der Waals surface area contributed by atoms with E-state index >= 15 is 0 Å². The molecule has 0 radical (unpaired) electrons. The van der Waals surface area contributed by atoms with Gasteiger partial charge < -0.3 is 15.4 Å². The Labute approximate surface area is 191 Å². The molecule has 0 amide bonds. The van der Waals surface area contributed by atoms with Crippen LogP contribution in [0, 0.1) is 0 Å². The highest BCUT2D eigenvalue weighted by molar-refractivity contribution is 6.39. The Kier molecular flexibility index (Phi) is 5.88. The molecule has 0 bridgehead atoms. The van der Waals surface area contributed by atoms with Crippen LogP contribution in [0.4, 0.5) is 5.82 Å². The van der Waals surface area contributed by atoms with Crippen molar-refractivity contribution >= 4 is 28.8 Å². The first-order chi connectivity index (χ1) is 15.7. The molecule has 2 N–H and O–H groups in total. The van der Waals surface area contributed by atoms with Crippen LogP contribution >= 0.6 is 11.6 Å². The summed E-state index contributed by atoms with van der Waals surface area (Å²) < 4.78 is 5.83. The van der Waals surface area contributed by atoms with Crippen molar-refractivity contribution in [2.45, 2.75) is 25.3 Å². The van der Waals surface area contributed by atoms with Crippen LogP contribution in [0.1, 0.15) is 34.5 Å². The first kappa shape index (κ1) is 20.7. The quantitative estimate of drug-likeness (QED) is 0.524. The minimum Gasteiger partial charge on any atom is -0.457 e. The molecule has 1 atom stereocenters. The van der Waals surface area contributed by atoms with Gasteiger partial charge in [0.15, 0.2) is 5.78 Å². The average molecular weight is 447 g/mol. The number of hydrogen-bond acceptors (Lipinski definition) is 6. The molecule has 1 aromatic heterocycles. The number of anilines is 1. The minimum atomic E-state index is -0.139. The van der Waals surface area contributed by atoms with Crippen molar-refractivity contribution in [2.75, 3.05) is 18.4 Å². The second-order valence-corrected chi connectivity index (χ2v) is 8.35. The van der Waals surface area contributed by atoms with Crippen molar-refractivity contribution in [3.63, 3.8) is 0 Å². The monoisotopic (exact) mass is 446 g/mol. The number of carbonyl (C=O) groups is 1. The van der Waals surface area contributed by atoms with E-state index in [1.54, 1.807) is 24.5 Å². The van der Waals surface area contributed by atoms with Gasteiger partial charge in [0.25, 0.3) is 0 Å². The Balaban J connectivity index is 1.39. The van der Waals surface area contributed by atoms with Gasteiger partial charge in [-0.2, -0.15) is 0 Å². The maximum Gasteiger partial charge on any atom is 0.195 e. The third-order valence-corrected chi connectivity index (χ3v) is 6.05. The molecule has 6 nitrogen and oxygen atoms in total. The number of hydrogen-bond donors (Lipinski definition) is 2. The van der Waals surface area contributed by atoms with Crippen LogP contribution in [0.2, 0.25) is 5.02 Å². The molecule has 1 saturated heterocycles. The number of aromatic nitrogens is 2. The van der Waals surface area contributed by atoms with E-state index in [4.69, 9.17) is 16.3 Å². The number of Topliss-reactive ketones (excluding diaryl/α,β-unsaturated/α-hetero) is 1. The van der Waals surface area contributed by atoms with Crippen molar-refractivity contribution in [1.29, 1.82) is 0 Å². The highest BCUT2D eigenvalue weighted by Crippen LogP contribution is 2.36. The highest BCUT2D eigenvalue weighted by Gasteiger charge is 2.28. The second kappa shape index (κ2) is 9.10. The molecule has 2 aromatic carbocycles. The third kappa shape index (κ3) is 4.24. The molecular weight excluding hydrogens is 424 g/mol. The summed E-state index contributed by atoms with van der Waals surface area (Å²) in [6.07, 6.45) is 6.24. The summed E-state index contributed by atoms with van der Waals surface area (Å²) in [6.45, 7) is 1.91. The molecule has 3 aromatic rings. The van der Waals surface area contributed by atoms with Crippen molar-refractivity contribution < 1.29 is 9.53 Å². The number of nitrogens with zero attached hydrogens (tertiary/aromatic N) is 2. The first-order valence-corrected chi connectivity index (χ1v) is 11.2. The number of para-hydroxylation sites is 1. The van der Waals surface area contributed by atoms with E-state index in [0.29, 0.717) is 39.9 Å². The summed E-state index contributed by atoms with van der Waals surface area (Å²) in [5.74, 6) is 1.86. The Morgan fingerprint density at radius 2 is 2.00 bits per heavy atom. The maximum absolute atomic E-state index is 13.5. The van der Waals surface area contributed by atoms with Gasteiger partial charge in [0, 0.05) is 41.8 Å². The molecule has 0 saturated carbocycles. The number of rotatable bonds is 6. The zero-order chi connectivity index (χ0) is 21.9. The van der Waals surface area contributed by atoms with Crippen LogP contribution in [0.3, 0.4) is 0 Å². The molecule has 0 spiro atoms. The number of ketones is 1. The van der Waals surface area contributed by atoms with E-state index in [-0.39, 0.29) is 11.8 Å². The lowest BCUT2D eigenvalue weighted by molar-refractivity contribution is 0.105. The molecule has 1 aliphatic heterocycles. The number of halogens is 1. The van der Waals surface area contributed by atoms with Crippen molar-refractivity contribution in [1.82, 2.24) is 15.3 Å². The lowest BCUT2D eigenvalue weighted by Gasteiger charge is -2.25. The van der Waals surface area contributed by atoms with Gasteiger partial charge >= 0.3 is 0 Å². The Bertz CT molecular complexity index is 1170. The standard InChI is InChI=1S/C25H23ClN4O2/c26-21-13-18(32-17-6-2-1-3-7-17)8-9-19(21)24(31)20-10-11-22-23(20)25(29-15-28-22)30-16-5-4-12-27-14-16/h1-3,6-10,13,15-16,27H,4-5,11-12,14H2,(H,28,29,30)/t16-/m1/s1. The normalized spacial score (nSPS) is 17.4. The van der Waals surface area contributed by atoms with E-state index < -0.39 is 0 Å². The summed E-state index contributed by atoms with van der Waals surface area (Å²) in [7, 11) is 0. The van der Waals surface area contributed by atoms with Gasteiger partial charge in [0.2, 0.25) is 0 Å². The SMILES string of the molecule is O=C(C1=CCc2ncnc(N[C@@H]3CCCNC3)c21)c1ccc(Oc2ccccc2)cc1Cl. The molecule has 1 aliphatic carbocycles. The highest BCUT2D eigenvalue weighted by atomic mass is 35.5. The molecule has 5 rings (SSSR count). The maximum atomic E-state index is 13.5. The van der Waals surface area contributed by atoms with Crippen molar-refractivity contribution in [3.05, 3.63) is 82.8 Å². The van der Waals surface area contributed by atoms with Gasteiger partial charge in [0.05, 0.1) is 10.7 Å². The van der Waals surface area contributed by atoms with Gasteiger partial charge in [-0.1, -0.05) is 35.9 Å². The minimum absolute atomic E-state index is 0.139. The van der Waals surface area contributed by atoms with E-state index in [0.717, 1.165) is 37.2 Å². The molecule has 162 valence electrons. The summed E-state index contributed by atoms with van der Waals surface area (Å²) in [5.41, 5.74) is 2.66. The van der Waals surface area contributed by atoms with Gasteiger partial charge in [0.1, 0.15) is 23.6 Å². The van der Waals surface area contributed by atoms with Gasteiger partial charge in [-0.3, -0.25) is 4.79 Å². The van der Waals surface area contributed by atoms with Crippen LogP contribution in [0.25, 0.3) is 5.57 Å². The fourth-order valence-electron chi connectivity index (χ4n) is 4.16. The molecular formula is C25H23ClN4O2. The number of allylic oxidation sites excluding steroid dienone is 2. The van der Waals surface area contributed by atoms with Crippen LogP contribution in [-0.2, 0) is 6.42 Å². The Morgan fingerprint density at radius 3 is 2.78 bits per heavy atom. The number of fused-ring (bicyclic) bond motifs is 1. The van der Waals surface area contributed by atoms with Crippen LogP contribution in [0.5, 0.6) is 11.5 Å². The number of carbonyl (C=O) groups excluding carboxylic acids is 1. The summed E-state index contributed by atoms with van der Waals surface area (Å²) >= 11 is 6.51. The van der Waals surface area contributed by atoms with Gasteiger partial charge in [-0.05, 0) is 43.7 Å². The fourth-order valence-corrected chi connectivity index (χ4v) is 4.41. The number of piperidine rings is 1.